The Morgan fingerprint density at radius 1 is 1.00 bits per heavy atom. The van der Waals surface area contributed by atoms with Gasteiger partial charge in [0.1, 0.15) is 5.76 Å². The molecule has 4 nitrogen and oxygen atoms in total. The summed E-state index contributed by atoms with van der Waals surface area (Å²) in [4.78, 5) is 0. The summed E-state index contributed by atoms with van der Waals surface area (Å²) in [7, 11) is 0. The Kier molecular flexibility index (Phi) is 4.90. The van der Waals surface area contributed by atoms with Crippen molar-refractivity contribution in [3.8, 4) is 17.0 Å². The first-order chi connectivity index (χ1) is 13.2. The highest BCUT2D eigenvalue weighted by molar-refractivity contribution is 5.57. The minimum atomic E-state index is 0.215. The quantitative estimate of drug-likeness (QED) is 0.510. The molecule has 1 N–H and O–H groups in total. The van der Waals surface area contributed by atoms with Crippen molar-refractivity contribution in [2.45, 2.75) is 26.4 Å². The van der Waals surface area contributed by atoms with Crippen molar-refractivity contribution < 1.29 is 4.42 Å². The number of nitrogens with one attached hydrogen (secondary N) is 1. The number of aromatic nitrogens is 2. The fourth-order valence-electron chi connectivity index (χ4n) is 3.29. The molecule has 0 radical (unpaired) electrons. The Bertz CT molecular complexity index is 986. The standard InChI is InChI=1S/C23H23N3O/c1-17(22-16-25-26(18(22)2)21-7-4-3-5-8-21)24-15-19-10-12-20(13-11-19)23-9-6-14-27-23/h3-14,16-17,24H,15H2,1-2H3. The number of nitrogens with zero attached hydrogens (tertiary/aromatic N) is 2. The van der Waals surface area contributed by atoms with E-state index in [0.29, 0.717) is 0 Å². The van der Waals surface area contributed by atoms with Crippen LogP contribution >= 0.6 is 0 Å². The lowest BCUT2D eigenvalue weighted by atomic mass is 10.1. The van der Waals surface area contributed by atoms with Crippen LogP contribution in [0, 0.1) is 6.92 Å². The van der Waals surface area contributed by atoms with E-state index in [-0.39, 0.29) is 6.04 Å². The molecule has 0 bridgehead atoms. The van der Waals surface area contributed by atoms with E-state index in [0.717, 1.165) is 29.2 Å². The Hall–Kier alpha value is -3.11. The van der Waals surface area contributed by atoms with Crippen LogP contribution in [0.4, 0.5) is 0 Å². The maximum absolute atomic E-state index is 5.44. The lowest BCUT2D eigenvalue weighted by Crippen LogP contribution is -2.18. The molecule has 0 saturated carbocycles. The maximum atomic E-state index is 5.44. The zero-order valence-corrected chi connectivity index (χ0v) is 15.6. The van der Waals surface area contributed by atoms with Crippen molar-refractivity contribution in [2.24, 2.45) is 0 Å². The molecule has 0 aliphatic carbocycles. The molecule has 136 valence electrons. The maximum Gasteiger partial charge on any atom is 0.133 e. The van der Waals surface area contributed by atoms with Crippen molar-refractivity contribution in [1.29, 1.82) is 0 Å². The van der Waals surface area contributed by atoms with E-state index in [1.54, 1.807) is 6.26 Å². The monoisotopic (exact) mass is 357 g/mol. The van der Waals surface area contributed by atoms with Gasteiger partial charge in [-0.15, -0.1) is 0 Å². The lowest BCUT2D eigenvalue weighted by molar-refractivity contribution is 0.571. The van der Waals surface area contributed by atoms with E-state index >= 15 is 0 Å². The van der Waals surface area contributed by atoms with Gasteiger partial charge in [-0.25, -0.2) is 4.68 Å². The zero-order valence-electron chi connectivity index (χ0n) is 15.6. The SMILES string of the molecule is Cc1c(C(C)NCc2ccc(-c3ccco3)cc2)cnn1-c1ccccc1. The van der Waals surface area contributed by atoms with E-state index in [1.165, 1.54) is 11.1 Å². The van der Waals surface area contributed by atoms with Gasteiger partial charge in [0.25, 0.3) is 0 Å². The van der Waals surface area contributed by atoms with Crippen LogP contribution in [-0.4, -0.2) is 9.78 Å². The largest absolute Gasteiger partial charge is 0.464 e. The minimum absolute atomic E-state index is 0.215. The van der Waals surface area contributed by atoms with Crippen molar-refractivity contribution in [2.75, 3.05) is 0 Å². The fourth-order valence-corrected chi connectivity index (χ4v) is 3.29. The normalized spacial score (nSPS) is 12.2. The fraction of sp³-hybridized carbons (Fsp3) is 0.174. The molecule has 0 aliphatic heterocycles. The highest BCUT2D eigenvalue weighted by atomic mass is 16.3. The van der Waals surface area contributed by atoms with Gasteiger partial charge in [0.05, 0.1) is 18.1 Å². The molecule has 0 aliphatic rings. The molecule has 4 rings (SSSR count). The van der Waals surface area contributed by atoms with Crippen LogP contribution in [0.25, 0.3) is 17.0 Å². The van der Waals surface area contributed by atoms with Crippen LogP contribution < -0.4 is 5.32 Å². The number of furan rings is 1. The van der Waals surface area contributed by atoms with Gasteiger partial charge in [0.15, 0.2) is 0 Å². The summed E-state index contributed by atoms with van der Waals surface area (Å²) in [5, 5.41) is 8.17. The van der Waals surface area contributed by atoms with Gasteiger partial charge < -0.3 is 9.73 Å². The van der Waals surface area contributed by atoms with E-state index in [1.807, 2.05) is 41.2 Å². The third-order valence-electron chi connectivity index (χ3n) is 4.89. The lowest BCUT2D eigenvalue weighted by Gasteiger charge is -2.14. The molecule has 1 atom stereocenters. The predicted octanol–water partition coefficient (Wildman–Crippen LogP) is 5.29. The molecule has 0 spiro atoms. The molecule has 0 amide bonds. The first-order valence-electron chi connectivity index (χ1n) is 9.18. The van der Waals surface area contributed by atoms with E-state index in [2.05, 4.69) is 60.7 Å². The first kappa shape index (κ1) is 17.3. The third kappa shape index (κ3) is 3.71. The molecule has 4 heteroatoms. The topological polar surface area (TPSA) is 43.0 Å². The molecule has 2 aromatic carbocycles. The second-order valence-corrected chi connectivity index (χ2v) is 6.71. The third-order valence-corrected chi connectivity index (χ3v) is 4.89. The van der Waals surface area contributed by atoms with Crippen molar-refractivity contribution in [3.63, 3.8) is 0 Å². The van der Waals surface area contributed by atoms with Crippen LogP contribution in [0.5, 0.6) is 0 Å². The molecule has 2 aromatic heterocycles. The average Bonchev–Trinajstić information content (AvgIpc) is 3.37. The summed E-state index contributed by atoms with van der Waals surface area (Å²) in [6, 6.07) is 22.8. The van der Waals surface area contributed by atoms with Crippen molar-refractivity contribution in [3.05, 3.63) is 96.0 Å². The summed E-state index contributed by atoms with van der Waals surface area (Å²) >= 11 is 0. The van der Waals surface area contributed by atoms with Crippen LogP contribution in [-0.2, 0) is 6.54 Å². The molecule has 2 heterocycles. The Morgan fingerprint density at radius 2 is 1.78 bits per heavy atom. The number of hydrogen-bond donors (Lipinski definition) is 1. The minimum Gasteiger partial charge on any atom is -0.464 e. The van der Waals surface area contributed by atoms with Crippen LogP contribution in [0.15, 0.2) is 83.6 Å². The number of rotatable bonds is 6. The van der Waals surface area contributed by atoms with Crippen LogP contribution in [0.2, 0.25) is 0 Å². The van der Waals surface area contributed by atoms with Crippen molar-refractivity contribution in [1.82, 2.24) is 15.1 Å². The summed E-state index contributed by atoms with van der Waals surface area (Å²) < 4.78 is 7.43. The molecular formula is C23H23N3O. The predicted molar refractivity (Wildman–Crippen MR) is 108 cm³/mol. The first-order valence-corrected chi connectivity index (χ1v) is 9.18. The van der Waals surface area contributed by atoms with E-state index < -0.39 is 0 Å². The summed E-state index contributed by atoms with van der Waals surface area (Å²) in [5.41, 5.74) is 5.80. The number of para-hydroxylation sites is 1. The second kappa shape index (κ2) is 7.64. The molecule has 0 saturated heterocycles. The zero-order chi connectivity index (χ0) is 18.6. The van der Waals surface area contributed by atoms with Gasteiger partial charge in [-0.05, 0) is 43.7 Å². The van der Waals surface area contributed by atoms with Gasteiger partial charge in [0, 0.05) is 29.4 Å². The average molecular weight is 357 g/mol. The summed E-state index contributed by atoms with van der Waals surface area (Å²) in [5.74, 6) is 0.895. The van der Waals surface area contributed by atoms with E-state index in [9.17, 15) is 0 Å². The summed E-state index contributed by atoms with van der Waals surface area (Å²) in [6.07, 6.45) is 3.66. The van der Waals surface area contributed by atoms with Crippen LogP contribution in [0.1, 0.15) is 29.8 Å². The Balaban J connectivity index is 1.42. The molecule has 1 unspecified atom stereocenters. The second-order valence-electron chi connectivity index (χ2n) is 6.71. The van der Waals surface area contributed by atoms with Crippen LogP contribution in [0.3, 0.4) is 0 Å². The molecule has 0 fully saturated rings. The smallest absolute Gasteiger partial charge is 0.133 e. The Labute approximate surface area is 159 Å². The van der Waals surface area contributed by atoms with Gasteiger partial charge >= 0.3 is 0 Å². The van der Waals surface area contributed by atoms with Gasteiger partial charge in [-0.2, -0.15) is 5.10 Å². The summed E-state index contributed by atoms with van der Waals surface area (Å²) in [6.45, 7) is 5.10. The molecule has 4 aromatic rings. The molecule has 27 heavy (non-hydrogen) atoms. The molecular weight excluding hydrogens is 334 g/mol. The van der Waals surface area contributed by atoms with Gasteiger partial charge in [-0.3, -0.25) is 0 Å². The highest BCUT2D eigenvalue weighted by Gasteiger charge is 2.14. The van der Waals surface area contributed by atoms with E-state index in [4.69, 9.17) is 4.42 Å². The Morgan fingerprint density at radius 3 is 2.48 bits per heavy atom. The van der Waals surface area contributed by atoms with Gasteiger partial charge in [0.2, 0.25) is 0 Å². The van der Waals surface area contributed by atoms with Gasteiger partial charge in [-0.1, -0.05) is 42.5 Å². The number of benzene rings is 2. The number of hydrogen-bond acceptors (Lipinski definition) is 3. The van der Waals surface area contributed by atoms with Crippen molar-refractivity contribution >= 4 is 0 Å². The highest BCUT2D eigenvalue weighted by Crippen LogP contribution is 2.22.